The van der Waals surface area contributed by atoms with Crippen LogP contribution in [0.5, 0.6) is 0 Å². The third-order valence-corrected chi connectivity index (χ3v) is 6.31. The number of hydrogen-bond donors (Lipinski definition) is 3. The maximum atomic E-state index is 13.1. The molecule has 3 unspecified atom stereocenters. The number of nitrogens with zero attached hydrogens (tertiary/aromatic N) is 3. The van der Waals surface area contributed by atoms with Crippen molar-refractivity contribution in [3.8, 4) is 0 Å². The first kappa shape index (κ1) is 22.9. The standard InChI is InChI=1S/C21H29N5O4S/c1-4-13(2)17(18(27)22-15(19(28)29)9-12-31-3)24-21(30)26-11-10-25-16-8-6-5-7-14(16)23-20(25)26/h5-8,13,15,17H,4,9-12H2,1-3H3,(H,22,27)(H,24,30)(H,28,29). The lowest BCUT2D eigenvalue weighted by Crippen LogP contribution is -2.56. The molecule has 0 fully saturated rings. The van der Waals surface area contributed by atoms with E-state index < -0.39 is 30.0 Å². The molecule has 168 valence electrons. The third-order valence-electron chi connectivity index (χ3n) is 5.67. The lowest BCUT2D eigenvalue weighted by molar-refractivity contribution is -0.142. The van der Waals surface area contributed by atoms with Crippen LogP contribution in [0.2, 0.25) is 0 Å². The third kappa shape index (κ3) is 4.95. The summed E-state index contributed by atoms with van der Waals surface area (Å²) < 4.78 is 1.98. The number of benzene rings is 1. The fraction of sp³-hybridized carbons (Fsp3) is 0.524. The van der Waals surface area contributed by atoms with Gasteiger partial charge in [-0.25, -0.2) is 14.6 Å². The first-order chi connectivity index (χ1) is 14.9. The maximum Gasteiger partial charge on any atom is 0.326 e. The second-order valence-electron chi connectivity index (χ2n) is 7.70. The Kier molecular flexibility index (Phi) is 7.42. The number of carboxylic acid groups (broad SMARTS) is 1. The van der Waals surface area contributed by atoms with Gasteiger partial charge >= 0.3 is 12.0 Å². The van der Waals surface area contributed by atoms with Crippen molar-refractivity contribution in [1.29, 1.82) is 0 Å². The van der Waals surface area contributed by atoms with E-state index in [1.807, 2.05) is 48.9 Å². The molecule has 0 radical (unpaired) electrons. The zero-order valence-corrected chi connectivity index (χ0v) is 18.8. The molecule has 3 amide bonds. The van der Waals surface area contributed by atoms with E-state index in [-0.39, 0.29) is 5.92 Å². The number of urea groups is 1. The molecule has 9 nitrogen and oxygen atoms in total. The van der Waals surface area contributed by atoms with Gasteiger partial charge in [0.05, 0.1) is 11.0 Å². The number of para-hydroxylation sites is 2. The summed E-state index contributed by atoms with van der Waals surface area (Å²) in [7, 11) is 0. The number of carboxylic acids is 1. The highest BCUT2D eigenvalue weighted by Crippen LogP contribution is 2.27. The summed E-state index contributed by atoms with van der Waals surface area (Å²) in [6.45, 7) is 4.87. The Labute approximate surface area is 185 Å². The van der Waals surface area contributed by atoms with Gasteiger partial charge in [-0.1, -0.05) is 32.4 Å². The van der Waals surface area contributed by atoms with Crippen LogP contribution in [0.4, 0.5) is 10.7 Å². The van der Waals surface area contributed by atoms with Gasteiger partial charge in [-0.15, -0.1) is 0 Å². The van der Waals surface area contributed by atoms with E-state index >= 15 is 0 Å². The van der Waals surface area contributed by atoms with Crippen LogP contribution in [0.3, 0.4) is 0 Å². The number of rotatable bonds is 9. The predicted molar refractivity (Wildman–Crippen MR) is 121 cm³/mol. The lowest BCUT2D eigenvalue weighted by Gasteiger charge is -2.27. The van der Waals surface area contributed by atoms with Crippen molar-refractivity contribution in [3.63, 3.8) is 0 Å². The Balaban J connectivity index is 1.75. The Morgan fingerprint density at radius 2 is 1.97 bits per heavy atom. The van der Waals surface area contributed by atoms with Gasteiger partial charge in [-0.3, -0.25) is 9.69 Å². The van der Waals surface area contributed by atoms with Crippen molar-refractivity contribution in [1.82, 2.24) is 20.2 Å². The topological polar surface area (TPSA) is 117 Å². The smallest absolute Gasteiger partial charge is 0.326 e. The Morgan fingerprint density at radius 3 is 2.65 bits per heavy atom. The van der Waals surface area contributed by atoms with E-state index in [1.54, 1.807) is 0 Å². The number of fused-ring (bicyclic) bond motifs is 3. The zero-order chi connectivity index (χ0) is 22.5. The SMILES string of the molecule is CCC(C)C(NC(=O)N1CCn2c1nc1ccccc12)C(=O)NC(CCSC)C(=O)O. The number of hydrogen-bond acceptors (Lipinski definition) is 5. The minimum atomic E-state index is -1.08. The van der Waals surface area contributed by atoms with Crippen LogP contribution in [0.25, 0.3) is 11.0 Å². The number of thioether (sulfide) groups is 1. The molecule has 2 aromatic rings. The molecule has 3 atom stereocenters. The van der Waals surface area contributed by atoms with Gasteiger partial charge in [0.1, 0.15) is 12.1 Å². The van der Waals surface area contributed by atoms with Crippen LogP contribution in [0, 0.1) is 5.92 Å². The van der Waals surface area contributed by atoms with Crippen LogP contribution in [-0.4, -0.2) is 63.2 Å². The largest absolute Gasteiger partial charge is 0.480 e. The monoisotopic (exact) mass is 447 g/mol. The van der Waals surface area contributed by atoms with Crippen molar-refractivity contribution >= 4 is 46.7 Å². The highest BCUT2D eigenvalue weighted by molar-refractivity contribution is 7.98. The first-order valence-corrected chi connectivity index (χ1v) is 11.8. The van der Waals surface area contributed by atoms with E-state index in [1.165, 1.54) is 16.7 Å². The molecule has 0 saturated heterocycles. The Hall–Kier alpha value is -2.75. The van der Waals surface area contributed by atoms with E-state index in [4.69, 9.17) is 0 Å². The zero-order valence-electron chi connectivity index (χ0n) is 18.0. The average Bonchev–Trinajstić information content (AvgIpc) is 3.33. The molecule has 3 rings (SSSR count). The average molecular weight is 448 g/mol. The van der Waals surface area contributed by atoms with Gasteiger partial charge in [0.15, 0.2) is 0 Å². The molecule has 31 heavy (non-hydrogen) atoms. The van der Waals surface area contributed by atoms with Gasteiger partial charge in [-0.2, -0.15) is 11.8 Å². The highest BCUT2D eigenvalue weighted by atomic mass is 32.2. The minimum Gasteiger partial charge on any atom is -0.480 e. The summed E-state index contributed by atoms with van der Waals surface area (Å²) in [6, 6.07) is 5.45. The molecule has 0 spiro atoms. The summed E-state index contributed by atoms with van der Waals surface area (Å²) in [5.74, 6) is -0.568. The molecule has 0 saturated carbocycles. The summed E-state index contributed by atoms with van der Waals surface area (Å²) >= 11 is 1.52. The van der Waals surface area contributed by atoms with E-state index in [0.29, 0.717) is 37.6 Å². The molecule has 1 aromatic carbocycles. The number of nitrogens with one attached hydrogen (secondary N) is 2. The van der Waals surface area contributed by atoms with E-state index in [9.17, 15) is 19.5 Å². The van der Waals surface area contributed by atoms with Crippen LogP contribution in [-0.2, 0) is 16.1 Å². The van der Waals surface area contributed by atoms with Gasteiger partial charge < -0.3 is 20.3 Å². The van der Waals surface area contributed by atoms with Gasteiger partial charge in [-0.05, 0) is 36.5 Å². The number of aromatic nitrogens is 2. The van der Waals surface area contributed by atoms with Gasteiger partial charge in [0.2, 0.25) is 11.9 Å². The molecule has 2 heterocycles. The highest BCUT2D eigenvalue weighted by Gasteiger charge is 2.34. The molecule has 1 aromatic heterocycles. The number of aliphatic carboxylic acids is 1. The van der Waals surface area contributed by atoms with Crippen molar-refractivity contribution < 1.29 is 19.5 Å². The minimum absolute atomic E-state index is 0.166. The first-order valence-electron chi connectivity index (χ1n) is 10.4. The molecular weight excluding hydrogens is 418 g/mol. The van der Waals surface area contributed by atoms with Crippen molar-refractivity contribution in [2.75, 3.05) is 23.5 Å². The van der Waals surface area contributed by atoms with Gasteiger partial charge in [0.25, 0.3) is 0 Å². The van der Waals surface area contributed by atoms with Crippen LogP contribution in [0.1, 0.15) is 26.7 Å². The fourth-order valence-electron chi connectivity index (χ4n) is 3.65. The summed E-state index contributed by atoms with van der Waals surface area (Å²) in [5, 5.41) is 14.8. The summed E-state index contributed by atoms with van der Waals surface area (Å²) in [5.41, 5.74) is 1.77. The molecule has 10 heteroatoms. The summed E-state index contributed by atoms with van der Waals surface area (Å²) in [6.07, 6.45) is 2.85. The van der Waals surface area contributed by atoms with Crippen LogP contribution in [0.15, 0.2) is 24.3 Å². The number of carbonyl (C=O) groups excluding carboxylic acids is 2. The van der Waals surface area contributed by atoms with Crippen LogP contribution < -0.4 is 15.5 Å². The summed E-state index contributed by atoms with van der Waals surface area (Å²) in [4.78, 5) is 43.6. The van der Waals surface area contributed by atoms with E-state index in [2.05, 4.69) is 15.6 Å². The van der Waals surface area contributed by atoms with Crippen molar-refractivity contribution in [2.24, 2.45) is 5.92 Å². The second kappa shape index (κ2) is 10.0. The van der Waals surface area contributed by atoms with Crippen molar-refractivity contribution in [3.05, 3.63) is 24.3 Å². The number of carbonyl (C=O) groups is 3. The Bertz CT molecular complexity index is 962. The van der Waals surface area contributed by atoms with Crippen molar-refractivity contribution in [2.45, 2.75) is 45.3 Å². The van der Waals surface area contributed by atoms with Crippen LogP contribution >= 0.6 is 11.8 Å². The number of anilines is 1. The predicted octanol–water partition coefficient (Wildman–Crippen LogP) is 2.30. The van der Waals surface area contributed by atoms with Gasteiger partial charge in [0, 0.05) is 13.1 Å². The second-order valence-corrected chi connectivity index (χ2v) is 8.68. The molecule has 1 aliphatic rings. The number of imidazole rings is 1. The number of amides is 3. The van der Waals surface area contributed by atoms with E-state index in [0.717, 1.165) is 11.0 Å². The lowest BCUT2D eigenvalue weighted by atomic mass is 9.98. The quantitative estimate of drug-likeness (QED) is 0.543. The molecule has 0 bridgehead atoms. The Morgan fingerprint density at radius 1 is 1.23 bits per heavy atom. The molecule has 1 aliphatic heterocycles. The maximum absolute atomic E-state index is 13.1. The molecular formula is C21H29N5O4S. The normalized spacial score (nSPS) is 15.9. The molecule has 3 N–H and O–H groups in total. The molecule has 0 aliphatic carbocycles. The fourth-order valence-corrected chi connectivity index (χ4v) is 4.12.